The Labute approximate surface area is 54.1 Å². The Balaban J connectivity index is 2.99. The van der Waals surface area contributed by atoms with Crippen LogP contribution in [-0.4, -0.2) is 14.9 Å². The van der Waals surface area contributed by atoms with Crippen molar-refractivity contribution in [1.82, 2.24) is 0 Å². The van der Waals surface area contributed by atoms with E-state index in [0.29, 0.717) is 0 Å². The molecule has 0 unspecified atom stereocenters. The fourth-order valence-corrected chi connectivity index (χ4v) is 1.04. The van der Waals surface area contributed by atoms with E-state index in [1.165, 1.54) is 0 Å². The quantitative estimate of drug-likeness (QED) is 0.559. The molecule has 1 rings (SSSR count). The third kappa shape index (κ3) is 1.25. The van der Waals surface area contributed by atoms with Crippen LogP contribution in [0, 0.1) is 0 Å². The van der Waals surface area contributed by atoms with Crippen LogP contribution < -0.4 is 4.46 Å². The number of benzene rings is 1. The molecule has 0 aliphatic rings. The molecule has 0 heterocycles. The Kier molecular flexibility index (Phi) is 1.95. The van der Waals surface area contributed by atoms with Crippen LogP contribution in [0.3, 0.4) is 0 Å². The summed E-state index contributed by atoms with van der Waals surface area (Å²) in [5.74, 6) is 0. The standard InChI is InChI=1S/C6H5OSe/c7-8-6-4-2-1-3-5-6/h1-5H. The summed E-state index contributed by atoms with van der Waals surface area (Å²) in [6, 6.07) is 9.39. The maximum absolute atomic E-state index is 10.2. The molecule has 1 aromatic rings. The van der Waals surface area contributed by atoms with E-state index in [-0.39, 0.29) is 0 Å². The van der Waals surface area contributed by atoms with E-state index in [2.05, 4.69) is 0 Å². The topological polar surface area (TPSA) is 17.1 Å². The van der Waals surface area contributed by atoms with Crippen molar-refractivity contribution in [2.75, 3.05) is 0 Å². The summed E-state index contributed by atoms with van der Waals surface area (Å²) in [6.45, 7) is 0. The molecule has 0 aliphatic heterocycles. The minimum absolute atomic E-state index is 0.582. The van der Waals surface area contributed by atoms with Crippen LogP contribution in [0.2, 0.25) is 0 Å². The molecular formula is C6H5OSe. The number of hydrogen-bond acceptors (Lipinski definition) is 1. The van der Waals surface area contributed by atoms with E-state index in [0.717, 1.165) is 4.46 Å². The van der Waals surface area contributed by atoms with Crippen LogP contribution in [0.25, 0.3) is 0 Å². The molecule has 0 bridgehead atoms. The zero-order valence-corrected chi connectivity index (χ0v) is 5.92. The maximum atomic E-state index is 10.2. The fraction of sp³-hybridized carbons (Fsp3) is 0. The SMILES string of the molecule is O=[Se]c1ccccc1. The van der Waals surface area contributed by atoms with Crippen LogP contribution >= 0.6 is 0 Å². The van der Waals surface area contributed by atoms with Gasteiger partial charge in [-0.15, -0.1) is 0 Å². The van der Waals surface area contributed by atoms with Gasteiger partial charge >= 0.3 is 53.5 Å². The van der Waals surface area contributed by atoms with Crippen LogP contribution in [0.4, 0.5) is 0 Å². The second kappa shape index (κ2) is 2.75. The normalized spacial score (nSPS) is 8.50. The number of rotatable bonds is 1. The van der Waals surface area contributed by atoms with Crippen LogP contribution in [0.1, 0.15) is 0 Å². The van der Waals surface area contributed by atoms with Gasteiger partial charge in [-0.1, -0.05) is 0 Å². The molecule has 1 radical (unpaired) electrons. The van der Waals surface area contributed by atoms with Gasteiger partial charge in [0.1, 0.15) is 0 Å². The molecule has 0 aliphatic carbocycles. The average Bonchev–Trinajstić information content (AvgIpc) is 1.90. The van der Waals surface area contributed by atoms with Crippen LogP contribution in [0.15, 0.2) is 30.3 Å². The predicted octanol–water partition coefficient (Wildman–Crippen LogP) is 0.362. The molecular weight excluding hydrogens is 167 g/mol. The summed E-state index contributed by atoms with van der Waals surface area (Å²) in [7, 11) is 0. The van der Waals surface area contributed by atoms with Gasteiger partial charge in [0.15, 0.2) is 0 Å². The molecule has 0 saturated carbocycles. The second-order valence-electron chi connectivity index (χ2n) is 1.40. The van der Waals surface area contributed by atoms with Crippen molar-refractivity contribution in [3.63, 3.8) is 0 Å². The van der Waals surface area contributed by atoms with Crippen molar-refractivity contribution < 1.29 is 3.83 Å². The third-order valence-electron chi connectivity index (χ3n) is 0.839. The van der Waals surface area contributed by atoms with E-state index in [1.807, 2.05) is 30.3 Å². The molecule has 8 heavy (non-hydrogen) atoms. The van der Waals surface area contributed by atoms with E-state index in [4.69, 9.17) is 0 Å². The van der Waals surface area contributed by atoms with Gasteiger partial charge in [0.25, 0.3) is 0 Å². The molecule has 41 valence electrons. The van der Waals surface area contributed by atoms with Gasteiger partial charge in [-0.05, 0) is 0 Å². The van der Waals surface area contributed by atoms with E-state index in [1.54, 1.807) is 0 Å². The van der Waals surface area contributed by atoms with Crippen molar-refractivity contribution in [3.05, 3.63) is 30.3 Å². The molecule has 0 atom stereocenters. The first kappa shape index (κ1) is 5.67. The van der Waals surface area contributed by atoms with Gasteiger partial charge < -0.3 is 0 Å². The second-order valence-corrected chi connectivity index (χ2v) is 2.74. The molecule has 2 heteroatoms. The predicted molar refractivity (Wildman–Crippen MR) is 32.5 cm³/mol. The van der Waals surface area contributed by atoms with Crippen molar-refractivity contribution in [1.29, 1.82) is 0 Å². The van der Waals surface area contributed by atoms with E-state index in [9.17, 15) is 3.83 Å². The van der Waals surface area contributed by atoms with Crippen molar-refractivity contribution in [3.8, 4) is 0 Å². The molecule has 1 aromatic carbocycles. The third-order valence-corrected chi connectivity index (χ3v) is 1.81. The van der Waals surface area contributed by atoms with Gasteiger partial charge in [-0.2, -0.15) is 0 Å². The summed E-state index contributed by atoms with van der Waals surface area (Å²) >= 11 is -0.582. The molecule has 0 fully saturated rings. The summed E-state index contributed by atoms with van der Waals surface area (Å²) in [5.41, 5.74) is 0. The first-order valence-corrected chi connectivity index (χ1v) is 3.84. The van der Waals surface area contributed by atoms with Gasteiger partial charge in [0.05, 0.1) is 0 Å². The molecule has 0 amide bonds. The van der Waals surface area contributed by atoms with Crippen LogP contribution in [0.5, 0.6) is 0 Å². The molecule has 0 aromatic heterocycles. The van der Waals surface area contributed by atoms with Crippen LogP contribution in [-0.2, 0) is 3.83 Å². The van der Waals surface area contributed by atoms with E-state index >= 15 is 0 Å². The molecule has 0 spiro atoms. The molecule has 0 N–H and O–H groups in total. The Morgan fingerprint density at radius 2 is 1.75 bits per heavy atom. The summed E-state index contributed by atoms with van der Waals surface area (Å²) in [5, 5.41) is 0. The van der Waals surface area contributed by atoms with Crippen molar-refractivity contribution in [2.45, 2.75) is 0 Å². The Morgan fingerprint density at radius 1 is 1.12 bits per heavy atom. The van der Waals surface area contributed by atoms with Gasteiger partial charge in [-0.3, -0.25) is 0 Å². The number of hydrogen-bond donors (Lipinski definition) is 0. The van der Waals surface area contributed by atoms with Gasteiger partial charge in [-0.25, -0.2) is 0 Å². The zero-order valence-electron chi connectivity index (χ0n) is 4.20. The Morgan fingerprint density at radius 3 is 2.12 bits per heavy atom. The summed E-state index contributed by atoms with van der Waals surface area (Å²) < 4.78 is 11.1. The zero-order chi connectivity index (χ0) is 5.82. The first-order valence-electron chi connectivity index (χ1n) is 2.28. The monoisotopic (exact) mass is 173 g/mol. The molecule has 0 saturated heterocycles. The van der Waals surface area contributed by atoms with Gasteiger partial charge in [0.2, 0.25) is 0 Å². The fourth-order valence-electron chi connectivity index (χ4n) is 0.476. The first-order chi connectivity index (χ1) is 3.93. The Hall–Kier alpha value is -0.461. The van der Waals surface area contributed by atoms with Crippen molar-refractivity contribution in [2.24, 2.45) is 0 Å². The van der Waals surface area contributed by atoms with Gasteiger partial charge in [0, 0.05) is 0 Å². The average molecular weight is 172 g/mol. The van der Waals surface area contributed by atoms with E-state index < -0.39 is 14.9 Å². The Bertz CT molecular complexity index is 171. The summed E-state index contributed by atoms with van der Waals surface area (Å²) in [6.07, 6.45) is 0. The minimum atomic E-state index is -0.582. The molecule has 1 nitrogen and oxygen atoms in total. The van der Waals surface area contributed by atoms with Crippen molar-refractivity contribution >= 4 is 19.4 Å². The summed E-state index contributed by atoms with van der Waals surface area (Å²) in [4.78, 5) is 0.